The van der Waals surface area contributed by atoms with Gasteiger partial charge in [0, 0.05) is 135 Å². The second kappa shape index (κ2) is 49.6. The quantitative estimate of drug-likeness (QED) is 0.0788. The van der Waals surface area contributed by atoms with Gasteiger partial charge >= 0.3 is 12.4 Å². The number of carbonyl (C=O) groups excluding carboxylic acids is 3. The maximum Gasteiger partial charge on any atom is 0.435 e. The van der Waals surface area contributed by atoms with Crippen LogP contribution in [0.5, 0.6) is 0 Å². The van der Waals surface area contributed by atoms with Gasteiger partial charge in [0.15, 0.2) is 28.5 Å². The average Bonchev–Trinajstić information content (AvgIpc) is 1.65. The van der Waals surface area contributed by atoms with Crippen molar-refractivity contribution in [3.05, 3.63) is 252 Å². The summed E-state index contributed by atoms with van der Waals surface area (Å²) in [6, 6.07) is 37.7. The Morgan fingerprint density at radius 2 is 0.787 bits per heavy atom. The SMILES string of the molecule is CC(C)c1cc(C(F)(F)F)nn1C.CC(C)c1cc(C(F)(F)F)nn1C(C)C.Cc1cc(-n2nc(C(=O)N(C)C)cc2C(C)C)ccc1F.Cc1cc(-n2nc(C(=O)NC3CCN(C)CC3)cc2C(C)C)ccc1Cl.Cc1cc(C(C)C)n(-c2ccncc2)n1.Cc1cc(C(C)C)n(C(C)C)n1.Cc1cc(C(C)C)n(C)n1.Cc1cccc(-n2nc(C(=O)N3CCN(C)CC3)cc2C(C)C)c1. The van der Waals surface area contributed by atoms with E-state index in [1.807, 2.05) is 168 Å². The van der Waals surface area contributed by atoms with E-state index in [0.717, 1.165) is 132 Å². The number of piperidine rings is 1. The number of piperazine rings is 1. The van der Waals surface area contributed by atoms with E-state index in [1.54, 1.807) is 56.3 Å². The molecule has 2 saturated heterocycles. The lowest BCUT2D eigenvalue weighted by atomic mass is 10.1. The number of halogens is 8. The number of nitrogens with one attached hydrogen (secondary N) is 1. The monoisotopic (exact) mass is 1910 g/mol. The van der Waals surface area contributed by atoms with Crippen LogP contribution in [0.1, 0.15) is 333 Å². The number of likely N-dealkylation sites (N-methyl/N-ethyl adjacent to an activating group) is 1. The van der Waals surface area contributed by atoms with Crippen molar-refractivity contribution in [2.24, 2.45) is 14.1 Å². The summed E-state index contributed by atoms with van der Waals surface area (Å²) >= 11 is 6.15. The van der Waals surface area contributed by atoms with E-state index in [1.165, 1.54) is 50.0 Å². The summed E-state index contributed by atoms with van der Waals surface area (Å²) in [5.41, 5.74) is 17.6. The van der Waals surface area contributed by atoms with Crippen molar-refractivity contribution < 1.29 is 45.1 Å². The second-order valence-corrected chi connectivity index (χ2v) is 38.8. The summed E-state index contributed by atoms with van der Waals surface area (Å²) < 4.78 is 101. The van der Waals surface area contributed by atoms with E-state index in [2.05, 4.69) is 200 Å². The Kier molecular flexibility index (Phi) is 40.7. The number of hydrogen-bond acceptors (Lipinski definition) is 14. The first-order chi connectivity index (χ1) is 63.5. The zero-order valence-electron chi connectivity index (χ0n) is 85.8. The normalized spacial score (nSPS) is 13.3. The molecule has 0 saturated carbocycles. The van der Waals surface area contributed by atoms with Gasteiger partial charge in [0.2, 0.25) is 0 Å². The van der Waals surface area contributed by atoms with Gasteiger partial charge in [-0.2, -0.15) is 67.1 Å². The average molecular weight is 1910 g/mol. The Morgan fingerprint density at radius 3 is 1.22 bits per heavy atom. The van der Waals surface area contributed by atoms with Gasteiger partial charge in [0.05, 0.1) is 39.8 Å². The summed E-state index contributed by atoms with van der Waals surface area (Å²) in [7, 11) is 11.1. The molecule has 3 amide bonds. The number of aryl methyl sites for hydroxylation is 8. The van der Waals surface area contributed by atoms with E-state index in [0.29, 0.717) is 63.7 Å². The molecule has 136 heavy (non-hydrogen) atoms. The number of benzene rings is 3. The minimum Gasteiger partial charge on any atom is -0.348 e. The highest BCUT2D eigenvalue weighted by molar-refractivity contribution is 6.31. The molecule has 14 rings (SSSR count). The summed E-state index contributed by atoms with van der Waals surface area (Å²) in [6.45, 7) is 58.2. The van der Waals surface area contributed by atoms with E-state index in [9.17, 15) is 45.1 Å². The highest BCUT2D eigenvalue weighted by Gasteiger charge is 2.37. The number of hydrogen-bond donors (Lipinski definition) is 1. The van der Waals surface area contributed by atoms with Crippen LogP contribution in [0.25, 0.3) is 22.7 Å². The van der Waals surface area contributed by atoms with Crippen molar-refractivity contribution in [3.8, 4) is 22.7 Å². The largest absolute Gasteiger partial charge is 0.435 e. The predicted molar refractivity (Wildman–Crippen MR) is 529 cm³/mol. The van der Waals surface area contributed by atoms with Gasteiger partial charge in [-0.05, 0) is 282 Å². The number of nitrogens with zero attached hydrogens (tertiary/aromatic N) is 21. The Labute approximate surface area is 805 Å². The van der Waals surface area contributed by atoms with Crippen LogP contribution < -0.4 is 5.32 Å². The molecular weight excluding hydrogens is 1760 g/mol. The first-order valence-corrected chi connectivity index (χ1v) is 47.3. The topological polar surface area (TPSA) is 232 Å². The molecule has 0 radical (unpaired) electrons. The number of likely N-dealkylation sites (tertiary alicyclic amines) is 1. The van der Waals surface area contributed by atoms with Gasteiger partial charge in [0.25, 0.3) is 17.7 Å². The van der Waals surface area contributed by atoms with Crippen molar-refractivity contribution in [3.63, 3.8) is 0 Å². The molecule has 3 aromatic carbocycles. The number of aromatic nitrogens is 17. The van der Waals surface area contributed by atoms with Crippen LogP contribution in [-0.2, 0) is 26.4 Å². The molecule has 2 fully saturated rings. The second-order valence-electron chi connectivity index (χ2n) is 38.4. The number of amides is 3. The van der Waals surface area contributed by atoms with Crippen LogP contribution in [0.4, 0.5) is 30.7 Å². The molecule has 0 bridgehead atoms. The molecule has 2 aliphatic heterocycles. The van der Waals surface area contributed by atoms with Gasteiger partial charge in [-0.25, -0.2) is 23.1 Å². The first kappa shape index (κ1) is 112. The minimum absolute atomic E-state index is 0.0380. The molecule has 0 atom stereocenters. The molecule has 0 unspecified atom stereocenters. The fourth-order valence-electron chi connectivity index (χ4n) is 15.2. The van der Waals surface area contributed by atoms with E-state index < -0.39 is 23.7 Å². The van der Waals surface area contributed by atoms with Crippen LogP contribution in [0.3, 0.4) is 0 Å². The molecule has 742 valence electrons. The highest BCUT2D eigenvalue weighted by atomic mass is 35.5. The van der Waals surface area contributed by atoms with E-state index in [4.69, 9.17) is 11.6 Å². The number of carbonyl (C=O) groups is 3. The maximum absolute atomic E-state index is 13.4. The van der Waals surface area contributed by atoms with E-state index in [-0.39, 0.29) is 59.3 Å². The lowest BCUT2D eigenvalue weighted by Crippen LogP contribution is -2.47. The summed E-state index contributed by atoms with van der Waals surface area (Å²) in [4.78, 5) is 49.6. The van der Waals surface area contributed by atoms with Gasteiger partial charge in [0.1, 0.15) is 5.82 Å². The number of rotatable bonds is 18. The van der Waals surface area contributed by atoms with Crippen LogP contribution in [0.15, 0.2) is 134 Å². The zero-order valence-corrected chi connectivity index (χ0v) is 86.6. The van der Waals surface area contributed by atoms with Gasteiger partial charge < -0.3 is 24.9 Å². The van der Waals surface area contributed by atoms with Crippen LogP contribution in [0, 0.1) is 47.4 Å². The summed E-state index contributed by atoms with van der Waals surface area (Å²) in [5.74, 6) is 2.00. The number of alkyl halides is 6. The molecule has 25 nitrogen and oxygen atoms in total. The molecule has 33 heteroatoms. The third kappa shape index (κ3) is 31.3. The Morgan fingerprint density at radius 1 is 0.397 bits per heavy atom. The third-order valence-electron chi connectivity index (χ3n) is 22.8. The Bertz CT molecular complexity index is 5760. The fraction of sp³-hybridized carbons (Fsp3) is 0.515. The van der Waals surface area contributed by atoms with Crippen molar-refractivity contribution in [1.29, 1.82) is 0 Å². The molecule has 1 N–H and O–H groups in total. The molecule has 9 aromatic heterocycles. The van der Waals surface area contributed by atoms with Crippen molar-refractivity contribution >= 4 is 29.3 Å². The predicted octanol–water partition coefficient (Wildman–Crippen LogP) is 23.2. The Balaban J connectivity index is 0.000000216. The summed E-state index contributed by atoms with van der Waals surface area (Å²) in [6.07, 6.45) is -3.16. The van der Waals surface area contributed by atoms with Crippen LogP contribution in [0.2, 0.25) is 5.02 Å². The first-order valence-electron chi connectivity index (χ1n) is 46.9. The smallest absolute Gasteiger partial charge is 0.348 e. The highest BCUT2D eigenvalue weighted by Crippen LogP contribution is 2.35. The van der Waals surface area contributed by atoms with Gasteiger partial charge in [-0.3, -0.25) is 38.1 Å². The van der Waals surface area contributed by atoms with Gasteiger partial charge in [-0.1, -0.05) is 135 Å². The van der Waals surface area contributed by atoms with Crippen molar-refractivity contribution in [2.45, 2.75) is 271 Å². The van der Waals surface area contributed by atoms with Crippen LogP contribution >= 0.6 is 11.6 Å². The lowest BCUT2D eigenvalue weighted by Gasteiger charge is -2.31. The fourth-order valence-corrected chi connectivity index (χ4v) is 15.3. The third-order valence-corrected chi connectivity index (χ3v) is 23.2. The maximum atomic E-state index is 13.4. The van der Waals surface area contributed by atoms with Crippen molar-refractivity contribution in [1.82, 2.24) is 108 Å². The lowest BCUT2D eigenvalue weighted by molar-refractivity contribution is -0.142. The zero-order chi connectivity index (χ0) is 102. The van der Waals surface area contributed by atoms with Gasteiger partial charge in [-0.15, -0.1) is 0 Å². The van der Waals surface area contributed by atoms with E-state index >= 15 is 0 Å². The summed E-state index contributed by atoms with van der Waals surface area (Å²) in [5, 5.41) is 37.7. The molecule has 0 aliphatic carbocycles. The Hall–Kier alpha value is -11.4. The molecule has 2 aliphatic rings. The minimum atomic E-state index is -4.36. The number of pyridine rings is 1. The molecular formula is C103H146ClF7N22O3. The van der Waals surface area contributed by atoms with Crippen molar-refractivity contribution in [2.75, 3.05) is 67.5 Å². The molecule has 0 spiro atoms. The molecule has 11 heterocycles. The van der Waals surface area contributed by atoms with Crippen LogP contribution in [-0.4, -0.2) is 194 Å². The standard InChI is InChI=1S/C20H27ClN4O.C19H26N4O.C16H20FN3O.C12H15N3.C10H15F3N2.C10H18N2.C8H11F3N2.C8H14N2/c1-13(2)19-12-18(20(26)22-15-7-9-24(4)10-8-15)23-25(19)16-5-6-17(21)14(3)11-16;1-14(2)18-13-17(19(24)22-10-8-21(4)9-11-22)20-23(18)16-7-5-6-15(3)12-16;1-10(2)15-9-14(16(21)19(4)5)18-20(15)12-6-7-13(17)11(3)8-12;1-9(2)12-8-10(3)14-15(12)11-4-6-13-7-5-11;1-6(2)8-5-9(10(11,12)13)14-15(8)7(3)4;1-7(2)10-6-9(5)11-12(10)8(3)4;1-5(2)6-4-7(8(9,10)11)12-13(6)3;1-6(2)8-5-7(3)9-10(8)4/h5-6,11-13,15H,7-10H2,1-4H3,(H,22,26);5-7,12-14H,8-11H2,1-4H3;6-10H,1-5H3;4-9H,1-3H3;5-7H,1-4H3;6-8H,1-5H3;4-5H,1-3H3;5-6H,1-4H3. The molecule has 12 aromatic rings.